The van der Waals surface area contributed by atoms with Crippen LogP contribution in [-0.4, -0.2) is 115 Å². The normalized spacial score (nSPS) is 44.5. The summed E-state index contributed by atoms with van der Waals surface area (Å²) in [6.07, 6.45) is -6.56. The van der Waals surface area contributed by atoms with E-state index >= 15 is 0 Å². The van der Waals surface area contributed by atoms with Crippen molar-refractivity contribution in [3.63, 3.8) is 0 Å². The van der Waals surface area contributed by atoms with Crippen molar-refractivity contribution in [1.29, 1.82) is 0 Å². The van der Waals surface area contributed by atoms with Crippen LogP contribution in [0.1, 0.15) is 12.8 Å². The van der Waals surface area contributed by atoms with Gasteiger partial charge in [0.2, 0.25) is 0 Å². The minimum absolute atomic E-state index is 0.0833. The van der Waals surface area contributed by atoms with Gasteiger partial charge in [-0.3, -0.25) is 0 Å². The van der Waals surface area contributed by atoms with E-state index in [0.717, 1.165) is 0 Å². The summed E-state index contributed by atoms with van der Waals surface area (Å²) in [5, 5.41) is 85.8. The van der Waals surface area contributed by atoms with Crippen molar-refractivity contribution >= 4 is 0 Å². The molecule has 0 spiro atoms. The zero-order valence-corrected chi connectivity index (χ0v) is 15.1. The second-order valence-corrected chi connectivity index (χ2v) is 7.08. The molecular formula is C17H32O10. The van der Waals surface area contributed by atoms with E-state index in [1.165, 1.54) is 6.08 Å². The maximum Gasteiger partial charge on any atom is 0.120 e. The lowest BCUT2D eigenvalue weighted by molar-refractivity contribution is -0.175. The van der Waals surface area contributed by atoms with E-state index in [4.69, 9.17) is 14.9 Å². The van der Waals surface area contributed by atoms with Gasteiger partial charge in [0.05, 0.1) is 32.0 Å². The van der Waals surface area contributed by atoms with Crippen LogP contribution in [0.4, 0.5) is 0 Å². The van der Waals surface area contributed by atoms with Crippen LogP contribution in [0.3, 0.4) is 0 Å². The first kappa shape index (κ1) is 24.4. The Morgan fingerprint density at radius 2 is 1.41 bits per heavy atom. The molecule has 1 aliphatic heterocycles. The minimum Gasteiger partial charge on any atom is -0.396 e. The molecule has 1 saturated carbocycles. The van der Waals surface area contributed by atoms with Gasteiger partial charge < -0.3 is 50.7 Å². The average molecular weight is 396 g/mol. The van der Waals surface area contributed by atoms with Crippen molar-refractivity contribution in [1.82, 2.24) is 0 Å². The predicted molar refractivity (Wildman–Crippen MR) is 92.4 cm³/mol. The second kappa shape index (κ2) is 10.8. The summed E-state index contributed by atoms with van der Waals surface area (Å²) in [7, 11) is 0. The molecule has 0 aromatic rings. The van der Waals surface area contributed by atoms with Crippen LogP contribution in [0.2, 0.25) is 0 Å². The van der Waals surface area contributed by atoms with Gasteiger partial charge in [0.15, 0.2) is 0 Å². The Labute approximate surface area is 157 Å². The number of ether oxygens (including phenoxy) is 1. The summed E-state index contributed by atoms with van der Waals surface area (Å²) >= 11 is 0. The van der Waals surface area contributed by atoms with Gasteiger partial charge in [-0.15, -0.1) is 6.58 Å². The highest BCUT2D eigenvalue weighted by molar-refractivity contribution is 5.05. The van der Waals surface area contributed by atoms with Crippen molar-refractivity contribution in [3.8, 4) is 0 Å². The van der Waals surface area contributed by atoms with Gasteiger partial charge in [0.25, 0.3) is 0 Å². The molecule has 0 aromatic heterocycles. The largest absolute Gasteiger partial charge is 0.396 e. The van der Waals surface area contributed by atoms with Crippen molar-refractivity contribution in [3.05, 3.63) is 12.7 Å². The van der Waals surface area contributed by atoms with Crippen LogP contribution < -0.4 is 0 Å². The second-order valence-electron chi connectivity index (χ2n) is 7.08. The molecule has 2 rings (SSSR count). The van der Waals surface area contributed by atoms with E-state index in [9.17, 15) is 35.7 Å². The van der Waals surface area contributed by atoms with E-state index in [2.05, 4.69) is 6.58 Å². The molecule has 1 heterocycles. The first-order valence-electron chi connectivity index (χ1n) is 8.85. The number of aliphatic hydroxyl groups excluding tert-OH is 9. The zero-order valence-electron chi connectivity index (χ0n) is 15.1. The fourth-order valence-electron chi connectivity index (χ4n) is 3.72. The Morgan fingerprint density at radius 1 is 0.852 bits per heavy atom. The van der Waals surface area contributed by atoms with Gasteiger partial charge in [-0.05, 0) is 18.8 Å². The maximum absolute atomic E-state index is 10.2. The third-order valence-electron chi connectivity index (χ3n) is 5.32. The van der Waals surface area contributed by atoms with Gasteiger partial charge in [-0.1, -0.05) is 6.08 Å². The van der Waals surface area contributed by atoms with Gasteiger partial charge >= 0.3 is 0 Å². The molecule has 27 heavy (non-hydrogen) atoms. The molecule has 0 bridgehead atoms. The van der Waals surface area contributed by atoms with E-state index in [-0.39, 0.29) is 19.4 Å². The zero-order chi connectivity index (χ0) is 20.8. The third kappa shape index (κ3) is 5.24. The SMILES string of the molecule is C=CCO.OC[C@H]1C[C@H](C[C@]2(CO)O[C@H](CO)[C@@H](O)[C@@H]2O)[C@H](O)[C@@H](O)[C@@H]1O. The summed E-state index contributed by atoms with van der Waals surface area (Å²) in [5.41, 5.74) is -1.60. The van der Waals surface area contributed by atoms with Crippen molar-refractivity contribution in [2.24, 2.45) is 11.8 Å². The first-order chi connectivity index (χ1) is 12.7. The molecule has 160 valence electrons. The lowest BCUT2D eigenvalue weighted by Gasteiger charge is -2.43. The fourth-order valence-corrected chi connectivity index (χ4v) is 3.72. The van der Waals surface area contributed by atoms with E-state index in [0.29, 0.717) is 0 Å². The lowest BCUT2D eigenvalue weighted by atomic mass is 9.71. The molecule has 1 aliphatic carbocycles. The monoisotopic (exact) mass is 396 g/mol. The number of hydrogen-bond acceptors (Lipinski definition) is 10. The number of hydrogen-bond donors (Lipinski definition) is 9. The summed E-state index contributed by atoms with van der Waals surface area (Å²) in [5.74, 6) is -1.34. The minimum atomic E-state index is -1.60. The highest BCUT2D eigenvalue weighted by atomic mass is 16.6. The molecule has 9 N–H and O–H groups in total. The van der Waals surface area contributed by atoms with Crippen LogP contribution in [0.25, 0.3) is 0 Å². The van der Waals surface area contributed by atoms with Gasteiger partial charge in [0.1, 0.15) is 30.0 Å². The molecule has 2 aliphatic rings. The molecule has 2 fully saturated rings. The Kier molecular flexibility index (Phi) is 9.72. The van der Waals surface area contributed by atoms with Gasteiger partial charge in [0, 0.05) is 12.5 Å². The molecule has 0 unspecified atom stereocenters. The molecule has 0 amide bonds. The summed E-state index contributed by atoms with van der Waals surface area (Å²) in [6, 6.07) is 0. The van der Waals surface area contributed by atoms with E-state index < -0.39 is 73.9 Å². The van der Waals surface area contributed by atoms with E-state index in [1.54, 1.807) is 0 Å². The standard InChI is InChI=1S/C14H26O9.C3H6O/c15-3-7-1-6(9(18)12(21)10(7)19)2-14(5-17)13(22)11(20)8(4-16)23-14;1-2-3-4/h6-13,15-22H,1-5H2;2,4H,1,3H2/t6-,7-,8-,9+,10-,11-,12-,13+,14-;/m1./s1. The van der Waals surface area contributed by atoms with Crippen molar-refractivity contribution in [2.45, 2.75) is 55.1 Å². The highest BCUT2D eigenvalue weighted by Crippen LogP contribution is 2.41. The van der Waals surface area contributed by atoms with Gasteiger partial charge in [-0.25, -0.2) is 0 Å². The maximum atomic E-state index is 10.2. The van der Waals surface area contributed by atoms with E-state index in [1.807, 2.05) is 0 Å². The third-order valence-corrected chi connectivity index (χ3v) is 5.32. The number of aliphatic hydroxyl groups is 9. The fraction of sp³-hybridized carbons (Fsp3) is 0.882. The summed E-state index contributed by atoms with van der Waals surface area (Å²) in [6.45, 7) is 1.72. The Bertz CT molecular complexity index is 447. The van der Waals surface area contributed by atoms with Crippen molar-refractivity contribution in [2.75, 3.05) is 26.4 Å². The Morgan fingerprint density at radius 3 is 1.81 bits per heavy atom. The molecule has 9 atom stereocenters. The summed E-state index contributed by atoms with van der Waals surface area (Å²) in [4.78, 5) is 0. The van der Waals surface area contributed by atoms with Crippen LogP contribution in [0, 0.1) is 11.8 Å². The predicted octanol–water partition coefficient (Wildman–Crippen LogP) is -3.90. The van der Waals surface area contributed by atoms with Crippen LogP contribution >= 0.6 is 0 Å². The molecular weight excluding hydrogens is 364 g/mol. The van der Waals surface area contributed by atoms with Crippen LogP contribution in [0.5, 0.6) is 0 Å². The highest BCUT2D eigenvalue weighted by Gasteiger charge is 2.56. The Hall–Kier alpha value is -0.660. The van der Waals surface area contributed by atoms with Crippen LogP contribution in [0.15, 0.2) is 12.7 Å². The van der Waals surface area contributed by atoms with Crippen LogP contribution in [-0.2, 0) is 4.74 Å². The summed E-state index contributed by atoms with van der Waals surface area (Å²) < 4.78 is 5.44. The molecule has 10 nitrogen and oxygen atoms in total. The molecule has 10 heteroatoms. The topological polar surface area (TPSA) is 191 Å². The van der Waals surface area contributed by atoms with Crippen molar-refractivity contribution < 1.29 is 50.7 Å². The molecule has 1 saturated heterocycles. The molecule has 0 radical (unpaired) electrons. The average Bonchev–Trinajstić information content (AvgIpc) is 2.93. The smallest absolute Gasteiger partial charge is 0.120 e. The number of rotatable bonds is 6. The van der Waals surface area contributed by atoms with Gasteiger partial charge in [-0.2, -0.15) is 0 Å². The Balaban J connectivity index is 0.000000828. The lowest BCUT2D eigenvalue weighted by Crippen LogP contribution is -2.56. The molecule has 0 aromatic carbocycles. The quantitative estimate of drug-likeness (QED) is 0.200. The first-order valence-corrected chi connectivity index (χ1v) is 8.85.